The molecule has 8 aromatic rings. The van der Waals surface area contributed by atoms with Crippen molar-refractivity contribution in [2.45, 2.75) is 33.1 Å². The molecule has 0 atom stereocenters. The maximum absolute atomic E-state index is 6.21. The lowest BCUT2D eigenvalue weighted by Gasteiger charge is -2.20. The van der Waals surface area contributed by atoms with Crippen LogP contribution in [0.3, 0.4) is 0 Å². The number of rotatable bonds is 14. The van der Waals surface area contributed by atoms with Crippen molar-refractivity contribution in [2.75, 3.05) is 37.9 Å². The van der Waals surface area contributed by atoms with Gasteiger partial charge in [-0.05, 0) is 113 Å². The molecule has 2 N–H and O–H groups in total. The summed E-state index contributed by atoms with van der Waals surface area (Å²) in [5.41, 5.74) is 13.7. The molecule has 284 valence electrons. The number of ether oxygens (including phenoxy) is 2. The fraction of sp³-hybridized carbons (Fsp3) is 0.170. The van der Waals surface area contributed by atoms with Crippen LogP contribution in [0.25, 0.3) is 66.1 Å². The molecule has 0 radical (unpaired) electrons. The molecule has 57 heavy (non-hydrogen) atoms. The highest BCUT2D eigenvalue weighted by atomic mass is 16.5. The van der Waals surface area contributed by atoms with Gasteiger partial charge in [0.1, 0.15) is 11.5 Å². The fourth-order valence-electron chi connectivity index (χ4n) is 8.32. The molecule has 4 heteroatoms. The number of nitrogens with one attached hydrogen (secondary N) is 2. The quantitative estimate of drug-likeness (QED) is 0.109. The largest absolute Gasteiger partial charge is 0.495 e. The molecular weight excluding hydrogens is 697 g/mol. The van der Waals surface area contributed by atoms with E-state index in [1.54, 1.807) is 14.2 Å². The number of hydrogen-bond donors (Lipinski definition) is 2. The summed E-state index contributed by atoms with van der Waals surface area (Å²) in [5.74, 6) is 1.79. The molecule has 0 aliphatic heterocycles. The van der Waals surface area contributed by atoms with Gasteiger partial charge < -0.3 is 20.1 Å². The fourth-order valence-corrected chi connectivity index (χ4v) is 8.32. The Morgan fingerprint density at radius 3 is 1.16 bits per heavy atom. The van der Waals surface area contributed by atoms with Gasteiger partial charge in [-0.2, -0.15) is 0 Å². The van der Waals surface area contributed by atoms with Crippen molar-refractivity contribution in [1.82, 2.24) is 0 Å². The molecule has 0 spiro atoms. The molecule has 0 amide bonds. The van der Waals surface area contributed by atoms with Crippen LogP contribution >= 0.6 is 0 Å². The highest BCUT2D eigenvalue weighted by Gasteiger charge is 2.19. The number of anilines is 2. The molecule has 8 aromatic carbocycles. The van der Waals surface area contributed by atoms with Gasteiger partial charge in [-0.25, -0.2) is 0 Å². The van der Waals surface area contributed by atoms with Crippen molar-refractivity contribution >= 4 is 32.9 Å². The minimum Gasteiger partial charge on any atom is -0.495 e. The summed E-state index contributed by atoms with van der Waals surface area (Å²) in [6, 6.07) is 56.3. The van der Waals surface area contributed by atoms with E-state index in [-0.39, 0.29) is 0 Å². The van der Waals surface area contributed by atoms with Gasteiger partial charge in [-0.3, -0.25) is 0 Å². The van der Waals surface area contributed by atoms with Crippen LogP contribution in [0, 0.1) is 13.8 Å². The Balaban J connectivity index is 0.946. The van der Waals surface area contributed by atoms with E-state index < -0.39 is 0 Å². The summed E-state index contributed by atoms with van der Waals surface area (Å²) in [4.78, 5) is 0. The lowest BCUT2D eigenvalue weighted by Crippen LogP contribution is -2.06. The molecule has 8 rings (SSSR count). The van der Waals surface area contributed by atoms with Gasteiger partial charge in [-0.15, -0.1) is 0 Å². The van der Waals surface area contributed by atoms with Gasteiger partial charge in [0, 0.05) is 57.8 Å². The van der Waals surface area contributed by atoms with Gasteiger partial charge >= 0.3 is 0 Å². The van der Waals surface area contributed by atoms with E-state index in [2.05, 4.69) is 182 Å². The molecule has 0 fully saturated rings. The summed E-state index contributed by atoms with van der Waals surface area (Å²) >= 11 is 0. The number of unbranched alkanes of at least 4 members (excludes halogenated alkanes) is 2. The first-order chi connectivity index (χ1) is 28.0. The van der Waals surface area contributed by atoms with E-state index >= 15 is 0 Å². The topological polar surface area (TPSA) is 42.5 Å². The number of para-hydroxylation sites is 2. The lowest BCUT2D eigenvalue weighted by atomic mass is 9.91. The second kappa shape index (κ2) is 17.1. The van der Waals surface area contributed by atoms with Crippen LogP contribution in [0.2, 0.25) is 0 Å². The summed E-state index contributed by atoms with van der Waals surface area (Å²) in [7, 11) is 3.57. The third kappa shape index (κ3) is 7.81. The maximum atomic E-state index is 6.21. The van der Waals surface area contributed by atoms with E-state index in [0.29, 0.717) is 0 Å². The monoisotopic (exact) mass is 746 g/mol. The van der Waals surface area contributed by atoms with Gasteiger partial charge in [0.25, 0.3) is 0 Å². The van der Waals surface area contributed by atoms with Crippen molar-refractivity contribution in [2.24, 2.45) is 0 Å². The number of aryl methyl sites for hydroxylation is 2. The Hall–Kier alpha value is -6.52. The van der Waals surface area contributed by atoms with Crippen molar-refractivity contribution in [3.05, 3.63) is 169 Å². The minimum atomic E-state index is 0.884. The third-order valence-electron chi connectivity index (χ3n) is 11.0. The zero-order chi connectivity index (χ0) is 39.1. The molecule has 0 unspecified atom stereocenters. The molecule has 0 aliphatic carbocycles. The molecule has 4 nitrogen and oxygen atoms in total. The molecular formula is C53H50N2O2. The van der Waals surface area contributed by atoms with Crippen LogP contribution in [0.4, 0.5) is 11.4 Å². The Morgan fingerprint density at radius 2 is 0.719 bits per heavy atom. The van der Waals surface area contributed by atoms with Crippen LogP contribution in [-0.2, 0) is 0 Å². The molecule has 0 bridgehead atoms. The molecule has 0 saturated heterocycles. The Bertz CT molecular complexity index is 2480. The average molecular weight is 747 g/mol. The number of hydrogen-bond acceptors (Lipinski definition) is 4. The highest BCUT2D eigenvalue weighted by Crippen LogP contribution is 2.46. The smallest absolute Gasteiger partial charge is 0.134 e. The zero-order valence-electron chi connectivity index (χ0n) is 33.4. The van der Waals surface area contributed by atoms with Crippen LogP contribution in [0.1, 0.15) is 30.4 Å². The molecule has 0 saturated carbocycles. The van der Waals surface area contributed by atoms with Gasteiger partial charge in [0.2, 0.25) is 0 Å². The van der Waals surface area contributed by atoms with Crippen molar-refractivity contribution in [3.8, 4) is 56.0 Å². The van der Waals surface area contributed by atoms with Gasteiger partial charge in [-0.1, -0.05) is 121 Å². The van der Waals surface area contributed by atoms with E-state index in [9.17, 15) is 0 Å². The average Bonchev–Trinajstić information content (AvgIpc) is 3.25. The second-order valence-corrected chi connectivity index (χ2v) is 14.8. The van der Waals surface area contributed by atoms with Crippen molar-refractivity contribution in [1.29, 1.82) is 0 Å². The zero-order valence-corrected chi connectivity index (χ0v) is 33.4. The molecule has 0 aliphatic rings. The Morgan fingerprint density at radius 1 is 0.368 bits per heavy atom. The molecule has 0 heterocycles. The SMILES string of the molecule is COc1c(-c2ccccc2NCCCCCNc2ccccc2-c2cc(C)cc(-c3cccc4ccccc34)c2OC)cc(C)cc1-c1cccc2ccccc12. The minimum absolute atomic E-state index is 0.884. The summed E-state index contributed by atoms with van der Waals surface area (Å²) in [6.07, 6.45) is 3.22. The van der Waals surface area contributed by atoms with Crippen LogP contribution < -0.4 is 20.1 Å². The number of methoxy groups -OCH3 is 2. The van der Waals surface area contributed by atoms with Crippen LogP contribution in [-0.4, -0.2) is 27.3 Å². The maximum Gasteiger partial charge on any atom is 0.134 e. The molecule has 0 aromatic heterocycles. The summed E-state index contributed by atoms with van der Waals surface area (Å²) in [6.45, 7) is 6.10. The summed E-state index contributed by atoms with van der Waals surface area (Å²) in [5, 5.41) is 12.4. The first-order valence-corrected chi connectivity index (χ1v) is 20.0. The van der Waals surface area contributed by atoms with E-state index in [0.717, 1.165) is 88.6 Å². The van der Waals surface area contributed by atoms with Gasteiger partial charge in [0.15, 0.2) is 0 Å². The first kappa shape index (κ1) is 37.4. The van der Waals surface area contributed by atoms with E-state index in [1.165, 1.54) is 43.8 Å². The van der Waals surface area contributed by atoms with Crippen LogP contribution in [0.15, 0.2) is 158 Å². The van der Waals surface area contributed by atoms with E-state index in [4.69, 9.17) is 9.47 Å². The number of benzene rings is 8. The Labute approximate surface area is 337 Å². The van der Waals surface area contributed by atoms with Crippen molar-refractivity contribution in [3.63, 3.8) is 0 Å². The normalized spacial score (nSPS) is 11.2. The van der Waals surface area contributed by atoms with E-state index in [1.807, 2.05) is 0 Å². The predicted octanol–water partition coefficient (Wildman–Crippen LogP) is 14.0. The highest BCUT2D eigenvalue weighted by molar-refractivity contribution is 6.01. The Kier molecular flexibility index (Phi) is 11.2. The standard InChI is InChI=1S/C53H50N2O2/c1-36-32-46(42-26-16-20-38-18-6-8-22-40(38)42)52(56-3)48(34-36)44-24-10-12-28-50(44)54-30-14-5-15-31-55-51-29-13-11-25-45(51)49-35-37(2)33-47(53(49)57-4)43-27-17-21-39-19-7-9-23-41(39)43/h6-13,16-29,32-35,54-55H,5,14-15,30-31H2,1-4H3. The second-order valence-electron chi connectivity index (χ2n) is 14.8. The van der Waals surface area contributed by atoms with Crippen molar-refractivity contribution < 1.29 is 9.47 Å². The number of fused-ring (bicyclic) bond motifs is 2. The lowest BCUT2D eigenvalue weighted by molar-refractivity contribution is 0.418. The summed E-state index contributed by atoms with van der Waals surface area (Å²) < 4.78 is 12.4. The van der Waals surface area contributed by atoms with Crippen LogP contribution in [0.5, 0.6) is 11.5 Å². The third-order valence-corrected chi connectivity index (χ3v) is 11.0. The predicted molar refractivity (Wildman–Crippen MR) is 243 cm³/mol. The first-order valence-electron chi connectivity index (χ1n) is 20.0. The van der Waals surface area contributed by atoms with Gasteiger partial charge in [0.05, 0.1) is 14.2 Å².